The van der Waals surface area contributed by atoms with E-state index >= 15 is 0 Å². The molecule has 0 aromatic heterocycles. The molecule has 27 heavy (non-hydrogen) atoms. The molecule has 1 aromatic rings. The van der Waals surface area contributed by atoms with Crippen molar-refractivity contribution in [2.45, 2.75) is 31.2 Å². The average Bonchev–Trinajstić information content (AvgIpc) is 3.38. The second-order valence-electron chi connectivity index (χ2n) is 8.24. The maximum atomic E-state index is 13.0. The molecule has 3 aliphatic heterocycles. The Labute approximate surface area is 159 Å². The number of hydrogen-bond donors (Lipinski definition) is 1. The predicted molar refractivity (Wildman–Crippen MR) is 100 cm³/mol. The van der Waals surface area contributed by atoms with Gasteiger partial charge in [0.1, 0.15) is 11.4 Å². The second-order valence-corrected chi connectivity index (χ2v) is 8.24. The van der Waals surface area contributed by atoms with Crippen molar-refractivity contribution in [3.63, 3.8) is 0 Å². The highest BCUT2D eigenvalue weighted by atomic mass is 16.5. The topological polar surface area (TPSA) is 71.0 Å². The lowest BCUT2D eigenvalue weighted by Crippen LogP contribution is -2.46. The molecule has 1 saturated carbocycles. The van der Waals surface area contributed by atoms with Gasteiger partial charge < -0.3 is 15.0 Å². The lowest BCUT2D eigenvalue weighted by atomic mass is 9.85. The number of hydrogen-bond acceptors (Lipinski definition) is 4. The van der Waals surface area contributed by atoms with Gasteiger partial charge in [0.15, 0.2) is 0 Å². The number of rotatable bonds is 2. The van der Waals surface area contributed by atoms with Crippen LogP contribution in [0.2, 0.25) is 0 Å². The summed E-state index contributed by atoms with van der Waals surface area (Å²) in [5, 5.41) is 3.01. The number of fused-ring (bicyclic) bond motifs is 2. The number of nitrogens with zero attached hydrogens (tertiary/aromatic N) is 2. The molecule has 1 aromatic carbocycles. The Kier molecular flexibility index (Phi) is 4.04. The summed E-state index contributed by atoms with van der Waals surface area (Å²) in [7, 11) is 0. The fourth-order valence-electron chi connectivity index (χ4n) is 5.33. The van der Waals surface area contributed by atoms with Gasteiger partial charge in [-0.2, -0.15) is 0 Å². The van der Waals surface area contributed by atoms with E-state index in [1.54, 1.807) is 0 Å². The largest absolute Gasteiger partial charge is 0.381 e. The molecular formula is C21H25N3O3. The summed E-state index contributed by atoms with van der Waals surface area (Å²) in [5.41, 5.74) is 0.250. The maximum absolute atomic E-state index is 13.0. The van der Waals surface area contributed by atoms with Crippen LogP contribution >= 0.6 is 0 Å². The molecule has 0 unspecified atom stereocenters. The first-order valence-corrected chi connectivity index (χ1v) is 10.0. The highest BCUT2D eigenvalue weighted by molar-refractivity contribution is 6.15. The predicted octanol–water partition coefficient (Wildman–Crippen LogP) is 1.60. The molecule has 6 nitrogen and oxygen atoms in total. The third-order valence-corrected chi connectivity index (χ3v) is 6.82. The smallest absolute Gasteiger partial charge is 0.253 e. The number of nitrogens with one attached hydrogen (secondary N) is 1. The molecule has 1 spiro atoms. The van der Waals surface area contributed by atoms with Crippen LogP contribution in [-0.4, -0.2) is 54.4 Å². The first kappa shape index (κ1) is 16.9. The molecule has 1 aliphatic carbocycles. The van der Waals surface area contributed by atoms with Crippen molar-refractivity contribution in [1.29, 1.82) is 0 Å². The van der Waals surface area contributed by atoms with Crippen LogP contribution in [0.15, 0.2) is 35.3 Å². The minimum Gasteiger partial charge on any atom is -0.381 e. The van der Waals surface area contributed by atoms with Crippen molar-refractivity contribution in [2.75, 3.05) is 26.3 Å². The molecule has 3 heterocycles. The van der Waals surface area contributed by atoms with Gasteiger partial charge in [-0.05, 0) is 31.6 Å². The van der Waals surface area contributed by atoms with E-state index in [2.05, 4.69) is 5.32 Å². The van der Waals surface area contributed by atoms with E-state index in [1.165, 1.54) is 0 Å². The molecule has 3 atom stereocenters. The van der Waals surface area contributed by atoms with Crippen LogP contribution in [0, 0.1) is 17.8 Å². The van der Waals surface area contributed by atoms with Crippen molar-refractivity contribution >= 4 is 17.6 Å². The molecule has 3 fully saturated rings. The molecule has 142 valence electrons. The van der Waals surface area contributed by atoms with Crippen LogP contribution in [0.4, 0.5) is 0 Å². The Hall–Kier alpha value is -2.21. The van der Waals surface area contributed by atoms with Gasteiger partial charge in [-0.3, -0.25) is 14.6 Å². The highest BCUT2D eigenvalue weighted by Crippen LogP contribution is 2.49. The molecule has 4 aliphatic rings. The lowest BCUT2D eigenvalue weighted by Gasteiger charge is -2.29. The van der Waals surface area contributed by atoms with Crippen molar-refractivity contribution in [2.24, 2.45) is 22.7 Å². The SMILES string of the molecule is O=C(C1CCOCC1)N1C[C@@H]2CC[C@]3(N=C(c4ccccc4)NC3=O)[C@@H]2C1. The van der Waals surface area contributed by atoms with Crippen molar-refractivity contribution in [1.82, 2.24) is 10.2 Å². The first-order valence-electron chi connectivity index (χ1n) is 10.0. The van der Waals surface area contributed by atoms with Gasteiger partial charge in [-0.25, -0.2) is 0 Å². The third-order valence-electron chi connectivity index (χ3n) is 6.82. The van der Waals surface area contributed by atoms with E-state index in [4.69, 9.17) is 9.73 Å². The summed E-state index contributed by atoms with van der Waals surface area (Å²) in [4.78, 5) is 32.8. The number of ether oxygens (including phenoxy) is 1. The first-order chi connectivity index (χ1) is 13.2. The zero-order chi connectivity index (χ0) is 18.4. The van der Waals surface area contributed by atoms with Crippen LogP contribution < -0.4 is 5.32 Å². The second kappa shape index (κ2) is 6.44. The number of amides is 2. The monoisotopic (exact) mass is 367 g/mol. The molecule has 2 amide bonds. The average molecular weight is 367 g/mol. The van der Waals surface area contributed by atoms with Crippen LogP contribution in [0.3, 0.4) is 0 Å². The standard InChI is InChI=1S/C21H25N3O3/c25-19(15-7-10-27-11-8-15)24-12-16-6-9-21(17(16)13-24)20(26)22-18(23-21)14-4-2-1-3-5-14/h1-5,15-17H,6-13H2,(H,22,23,26)/t16-,17+,21-/m0/s1. The number of likely N-dealkylation sites (tertiary alicyclic amines) is 1. The van der Waals surface area contributed by atoms with Crippen LogP contribution in [0.1, 0.15) is 31.2 Å². The molecule has 1 N–H and O–H groups in total. The molecule has 0 bridgehead atoms. The summed E-state index contributed by atoms with van der Waals surface area (Å²) in [6.07, 6.45) is 3.37. The Morgan fingerprint density at radius 1 is 1.15 bits per heavy atom. The van der Waals surface area contributed by atoms with Crippen LogP contribution in [0.25, 0.3) is 0 Å². The van der Waals surface area contributed by atoms with Gasteiger partial charge in [0, 0.05) is 43.7 Å². The maximum Gasteiger partial charge on any atom is 0.253 e. The Balaban J connectivity index is 1.37. The number of aliphatic imine (C=N–C) groups is 1. The molecule has 0 radical (unpaired) electrons. The van der Waals surface area contributed by atoms with Gasteiger partial charge in [-0.1, -0.05) is 30.3 Å². The van der Waals surface area contributed by atoms with E-state index in [-0.39, 0.29) is 23.7 Å². The van der Waals surface area contributed by atoms with Gasteiger partial charge in [0.05, 0.1) is 0 Å². The number of benzene rings is 1. The quantitative estimate of drug-likeness (QED) is 0.863. The summed E-state index contributed by atoms with van der Waals surface area (Å²) in [6, 6.07) is 9.81. The van der Waals surface area contributed by atoms with E-state index in [9.17, 15) is 9.59 Å². The van der Waals surface area contributed by atoms with E-state index in [0.717, 1.165) is 37.8 Å². The van der Waals surface area contributed by atoms with Crippen LogP contribution in [0.5, 0.6) is 0 Å². The number of carbonyl (C=O) groups is 2. The van der Waals surface area contributed by atoms with Crippen molar-refractivity contribution < 1.29 is 14.3 Å². The number of carbonyl (C=O) groups excluding carboxylic acids is 2. The summed E-state index contributed by atoms with van der Waals surface area (Å²) < 4.78 is 5.39. The third kappa shape index (κ3) is 2.69. The number of amidine groups is 1. The summed E-state index contributed by atoms with van der Waals surface area (Å²) in [6.45, 7) is 2.77. The van der Waals surface area contributed by atoms with E-state index in [1.807, 2.05) is 35.2 Å². The highest BCUT2D eigenvalue weighted by Gasteiger charge is 2.60. The minimum absolute atomic E-state index is 0.00854. The lowest BCUT2D eigenvalue weighted by molar-refractivity contribution is -0.138. The zero-order valence-corrected chi connectivity index (χ0v) is 15.4. The Morgan fingerprint density at radius 2 is 1.93 bits per heavy atom. The summed E-state index contributed by atoms with van der Waals surface area (Å²) >= 11 is 0. The zero-order valence-electron chi connectivity index (χ0n) is 15.4. The van der Waals surface area contributed by atoms with E-state index in [0.29, 0.717) is 31.5 Å². The Morgan fingerprint density at radius 3 is 2.70 bits per heavy atom. The fraction of sp³-hybridized carbons (Fsp3) is 0.571. The Bertz CT molecular complexity index is 787. The van der Waals surface area contributed by atoms with Crippen LogP contribution in [-0.2, 0) is 14.3 Å². The molecule has 2 saturated heterocycles. The fourth-order valence-corrected chi connectivity index (χ4v) is 5.33. The van der Waals surface area contributed by atoms with Crippen molar-refractivity contribution in [3.05, 3.63) is 35.9 Å². The van der Waals surface area contributed by atoms with Gasteiger partial charge in [0.25, 0.3) is 5.91 Å². The molecule has 5 rings (SSSR count). The van der Waals surface area contributed by atoms with Crippen molar-refractivity contribution in [3.8, 4) is 0 Å². The van der Waals surface area contributed by atoms with Gasteiger partial charge in [0.2, 0.25) is 5.91 Å². The normalized spacial score (nSPS) is 33.3. The van der Waals surface area contributed by atoms with Gasteiger partial charge >= 0.3 is 0 Å². The molecule has 6 heteroatoms. The summed E-state index contributed by atoms with van der Waals surface area (Å²) in [5.74, 6) is 1.51. The van der Waals surface area contributed by atoms with E-state index < -0.39 is 5.54 Å². The molecular weight excluding hydrogens is 342 g/mol. The minimum atomic E-state index is -0.694. The van der Waals surface area contributed by atoms with Gasteiger partial charge in [-0.15, -0.1) is 0 Å².